The fourth-order valence-electron chi connectivity index (χ4n) is 3.62. The van der Waals surface area contributed by atoms with E-state index in [1.165, 1.54) is 11.1 Å². The standard InChI is InChI=1S/C29H33ClN2O5/c1-5-36-27(34)23-13-14-25(31-18-23)21-11-9-20(10-12-21)15-16-32(28(35)37-29(2,3)4)19-26(33)22-7-6-8-24(30)17-22/h6-14,17-18,26,33H,5,15-16,19H2,1-4H3/t26-/m0/s1. The Labute approximate surface area is 223 Å². The molecule has 37 heavy (non-hydrogen) atoms. The summed E-state index contributed by atoms with van der Waals surface area (Å²) < 4.78 is 10.6. The smallest absolute Gasteiger partial charge is 0.410 e. The Morgan fingerprint density at radius 3 is 2.41 bits per heavy atom. The molecule has 3 rings (SSSR count). The highest BCUT2D eigenvalue weighted by atomic mass is 35.5. The van der Waals surface area contributed by atoms with E-state index in [1.807, 2.05) is 45.0 Å². The van der Waals surface area contributed by atoms with E-state index in [9.17, 15) is 14.7 Å². The maximum atomic E-state index is 12.9. The lowest BCUT2D eigenvalue weighted by Gasteiger charge is -2.29. The molecule has 0 aliphatic rings. The Bertz CT molecular complexity index is 1190. The number of nitrogens with zero attached hydrogens (tertiary/aromatic N) is 2. The fraction of sp³-hybridized carbons (Fsp3) is 0.345. The topological polar surface area (TPSA) is 89.0 Å². The largest absolute Gasteiger partial charge is 0.462 e. The summed E-state index contributed by atoms with van der Waals surface area (Å²) in [6.45, 7) is 7.93. The van der Waals surface area contributed by atoms with Crippen LogP contribution in [0.3, 0.4) is 0 Å². The third-order valence-corrected chi connectivity index (χ3v) is 5.71. The van der Waals surface area contributed by atoms with Crippen LogP contribution in [0, 0.1) is 0 Å². The second-order valence-electron chi connectivity index (χ2n) is 9.60. The molecule has 0 saturated carbocycles. The minimum atomic E-state index is -0.905. The third kappa shape index (κ3) is 8.58. The number of aromatic nitrogens is 1. The molecule has 0 radical (unpaired) electrons. The van der Waals surface area contributed by atoms with Crippen LogP contribution in [-0.2, 0) is 15.9 Å². The summed E-state index contributed by atoms with van der Waals surface area (Å²) in [6, 6.07) is 18.3. The van der Waals surface area contributed by atoms with Crippen molar-refractivity contribution in [2.45, 2.75) is 45.8 Å². The van der Waals surface area contributed by atoms with Crippen LogP contribution in [-0.4, -0.2) is 52.4 Å². The number of aliphatic hydroxyl groups excluding tert-OH is 1. The SMILES string of the molecule is CCOC(=O)c1ccc(-c2ccc(CCN(C[C@H](O)c3cccc(Cl)c3)C(=O)OC(C)(C)C)cc2)nc1. The predicted molar refractivity (Wildman–Crippen MR) is 144 cm³/mol. The molecule has 1 heterocycles. The van der Waals surface area contributed by atoms with Gasteiger partial charge in [-0.05, 0) is 69.5 Å². The molecule has 0 aliphatic carbocycles. The van der Waals surface area contributed by atoms with E-state index in [2.05, 4.69) is 4.98 Å². The number of halogens is 1. The molecular weight excluding hydrogens is 492 g/mol. The van der Waals surface area contributed by atoms with Crippen LogP contribution in [0.1, 0.15) is 55.3 Å². The lowest BCUT2D eigenvalue weighted by atomic mass is 10.1. The van der Waals surface area contributed by atoms with Gasteiger partial charge in [0, 0.05) is 23.3 Å². The molecule has 1 amide bonds. The highest BCUT2D eigenvalue weighted by Crippen LogP contribution is 2.22. The Balaban J connectivity index is 1.68. The Morgan fingerprint density at radius 1 is 1.08 bits per heavy atom. The van der Waals surface area contributed by atoms with Gasteiger partial charge < -0.3 is 19.5 Å². The number of carbonyl (C=O) groups is 2. The predicted octanol–water partition coefficient (Wildman–Crippen LogP) is 6.09. The van der Waals surface area contributed by atoms with Crippen LogP contribution in [0.5, 0.6) is 0 Å². The average molecular weight is 525 g/mol. The number of rotatable bonds is 9. The zero-order valence-corrected chi connectivity index (χ0v) is 22.4. The first kappa shape index (κ1) is 28.2. The van der Waals surface area contributed by atoms with Crippen molar-refractivity contribution in [3.05, 3.63) is 88.6 Å². The molecule has 196 valence electrons. The zero-order valence-electron chi connectivity index (χ0n) is 21.6. The highest BCUT2D eigenvalue weighted by molar-refractivity contribution is 6.30. The second kappa shape index (κ2) is 12.7. The molecule has 1 atom stereocenters. The molecule has 0 fully saturated rings. The van der Waals surface area contributed by atoms with Crippen molar-refractivity contribution in [3.63, 3.8) is 0 Å². The molecule has 0 spiro atoms. The van der Waals surface area contributed by atoms with Crippen molar-refractivity contribution in [1.29, 1.82) is 0 Å². The van der Waals surface area contributed by atoms with Crippen molar-refractivity contribution in [2.75, 3.05) is 19.7 Å². The molecule has 0 bridgehead atoms. The quantitative estimate of drug-likeness (QED) is 0.341. The van der Waals surface area contributed by atoms with Gasteiger partial charge in [0.2, 0.25) is 0 Å². The van der Waals surface area contributed by atoms with Gasteiger partial charge in [-0.15, -0.1) is 0 Å². The van der Waals surface area contributed by atoms with Crippen LogP contribution >= 0.6 is 11.6 Å². The maximum Gasteiger partial charge on any atom is 0.410 e. The first-order chi connectivity index (χ1) is 17.6. The summed E-state index contributed by atoms with van der Waals surface area (Å²) in [7, 11) is 0. The van der Waals surface area contributed by atoms with Crippen LogP contribution in [0.4, 0.5) is 4.79 Å². The first-order valence-electron chi connectivity index (χ1n) is 12.2. The fourth-order valence-corrected chi connectivity index (χ4v) is 3.82. The Hall–Kier alpha value is -3.42. The monoisotopic (exact) mass is 524 g/mol. The van der Waals surface area contributed by atoms with Crippen LogP contribution in [0.15, 0.2) is 66.9 Å². The van der Waals surface area contributed by atoms with Gasteiger partial charge in [-0.2, -0.15) is 0 Å². The Morgan fingerprint density at radius 2 is 1.81 bits per heavy atom. The molecule has 7 nitrogen and oxygen atoms in total. The molecule has 0 aliphatic heterocycles. The van der Waals surface area contributed by atoms with Crippen molar-refractivity contribution in [2.24, 2.45) is 0 Å². The number of hydrogen-bond acceptors (Lipinski definition) is 6. The summed E-state index contributed by atoms with van der Waals surface area (Å²) in [5, 5.41) is 11.3. The van der Waals surface area contributed by atoms with Gasteiger partial charge >= 0.3 is 12.1 Å². The number of benzene rings is 2. The molecule has 8 heteroatoms. The van der Waals surface area contributed by atoms with Gasteiger partial charge in [-0.25, -0.2) is 9.59 Å². The summed E-state index contributed by atoms with van der Waals surface area (Å²) in [5.74, 6) is -0.396. The van der Waals surface area contributed by atoms with Gasteiger partial charge in [0.15, 0.2) is 0 Å². The summed E-state index contributed by atoms with van der Waals surface area (Å²) in [5.41, 5.74) is 3.03. The van der Waals surface area contributed by atoms with Crippen molar-refractivity contribution < 1.29 is 24.2 Å². The van der Waals surface area contributed by atoms with E-state index < -0.39 is 23.8 Å². The van der Waals surface area contributed by atoms with E-state index in [-0.39, 0.29) is 6.54 Å². The summed E-state index contributed by atoms with van der Waals surface area (Å²) in [6.07, 6.45) is 0.677. The van der Waals surface area contributed by atoms with Crippen LogP contribution in [0.25, 0.3) is 11.3 Å². The molecule has 1 aromatic heterocycles. The van der Waals surface area contributed by atoms with Crippen molar-refractivity contribution in [3.8, 4) is 11.3 Å². The summed E-state index contributed by atoms with van der Waals surface area (Å²) >= 11 is 6.07. The van der Waals surface area contributed by atoms with E-state index in [0.717, 1.165) is 16.8 Å². The molecule has 3 aromatic rings. The second-order valence-corrected chi connectivity index (χ2v) is 10.0. The van der Waals surface area contributed by atoms with Gasteiger partial charge in [-0.3, -0.25) is 4.98 Å². The van der Waals surface area contributed by atoms with E-state index in [4.69, 9.17) is 21.1 Å². The van der Waals surface area contributed by atoms with Crippen LogP contribution in [0.2, 0.25) is 5.02 Å². The average Bonchev–Trinajstić information content (AvgIpc) is 2.86. The highest BCUT2D eigenvalue weighted by Gasteiger charge is 2.24. The molecule has 2 aromatic carbocycles. The number of amides is 1. The van der Waals surface area contributed by atoms with Gasteiger partial charge in [0.1, 0.15) is 5.60 Å². The zero-order chi connectivity index (χ0) is 27.0. The first-order valence-corrected chi connectivity index (χ1v) is 12.6. The normalized spacial score (nSPS) is 12.1. The van der Waals surface area contributed by atoms with Gasteiger partial charge in [-0.1, -0.05) is 48.0 Å². The molecule has 1 N–H and O–H groups in total. The molecule has 0 saturated heterocycles. The van der Waals surface area contributed by atoms with E-state index >= 15 is 0 Å². The third-order valence-electron chi connectivity index (χ3n) is 5.47. The van der Waals surface area contributed by atoms with E-state index in [1.54, 1.807) is 43.3 Å². The molecular formula is C29H33ClN2O5. The van der Waals surface area contributed by atoms with Crippen molar-refractivity contribution >= 4 is 23.7 Å². The number of aliphatic hydroxyl groups is 1. The van der Waals surface area contributed by atoms with Gasteiger partial charge in [0.05, 0.1) is 30.5 Å². The maximum absolute atomic E-state index is 12.9. The number of carbonyl (C=O) groups excluding carboxylic acids is 2. The minimum absolute atomic E-state index is 0.0735. The summed E-state index contributed by atoms with van der Waals surface area (Å²) in [4.78, 5) is 30.6. The minimum Gasteiger partial charge on any atom is -0.462 e. The number of pyridine rings is 1. The Kier molecular flexibility index (Phi) is 9.66. The number of esters is 1. The molecule has 0 unspecified atom stereocenters. The van der Waals surface area contributed by atoms with Gasteiger partial charge in [0.25, 0.3) is 0 Å². The van der Waals surface area contributed by atoms with Crippen LogP contribution < -0.4 is 0 Å². The lowest BCUT2D eigenvalue weighted by molar-refractivity contribution is 0.0147. The van der Waals surface area contributed by atoms with E-state index in [0.29, 0.717) is 35.7 Å². The lowest BCUT2D eigenvalue weighted by Crippen LogP contribution is -2.40. The number of hydrogen-bond donors (Lipinski definition) is 1. The van der Waals surface area contributed by atoms with Crippen molar-refractivity contribution in [1.82, 2.24) is 9.88 Å². The number of ether oxygens (including phenoxy) is 2.